The van der Waals surface area contributed by atoms with Crippen molar-refractivity contribution in [3.63, 3.8) is 0 Å². The van der Waals surface area contributed by atoms with E-state index in [0.29, 0.717) is 11.9 Å². The molecule has 3 N–H and O–H groups in total. The Kier molecular flexibility index (Phi) is 3.96. The quantitative estimate of drug-likeness (QED) is 0.805. The fourth-order valence-corrected chi connectivity index (χ4v) is 2.09. The van der Waals surface area contributed by atoms with Gasteiger partial charge in [0.2, 0.25) is 0 Å². The van der Waals surface area contributed by atoms with Crippen molar-refractivity contribution in [2.45, 2.75) is 32.7 Å². The molecule has 22 heavy (non-hydrogen) atoms. The molecule has 114 valence electrons. The summed E-state index contributed by atoms with van der Waals surface area (Å²) in [5.41, 5.74) is 4.42. The number of urea groups is 1. The molecule has 0 saturated heterocycles. The minimum atomic E-state index is -0.190. The predicted octanol–water partition coefficient (Wildman–Crippen LogP) is 3.73. The molecular formula is C17H20N4O. The summed E-state index contributed by atoms with van der Waals surface area (Å²) in [7, 11) is 0. The van der Waals surface area contributed by atoms with Crippen LogP contribution in [-0.4, -0.2) is 17.1 Å². The van der Waals surface area contributed by atoms with E-state index < -0.39 is 0 Å². The van der Waals surface area contributed by atoms with E-state index in [1.807, 2.05) is 12.1 Å². The average molecular weight is 296 g/mol. The lowest BCUT2D eigenvalue weighted by Gasteiger charge is -2.10. The number of rotatable bonds is 4. The normalized spacial score (nSPS) is 13.5. The zero-order chi connectivity index (χ0) is 15.5. The van der Waals surface area contributed by atoms with E-state index in [-0.39, 0.29) is 6.03 Å². The van der Waals surface area contributed by atoms with Gasteiger partial charge in [0.15, 0.2) is 0 Å². The molecule has 1 aromatic carbocycles. The fraction of sp³-hybridized carbons (Fsp3) is 0.294. The maximum Gasteiger partial charge on any atom is 0.320 e. The van der Waals surface area contributed by atoms with E-state index in [2.05, 4.69) is 46.9 Å². The highest BCUT2D eigenvalue weighted by atomic mass is 16.2. The zero-order valence-electron chi connectivity index (χ0n) is 12.8. The first kappa shape index (κ1) is 14.4. The third kappa shape index (κ3) is 3.75. The van der Waals surface area contributed by atoms with Crippen molar-refractivity contribution < 1.29 is 4.79 Å². The van der Waals surface area contributed by atoms with Crippen molar-refractivity contribution >= 4 is 23.2 Å². The Labute approximate surface area is 130 Å². The third-order valence-electron chi connectivity index (χ3n) is 3.71. The van der Waals surface area contributed by atoms with Crippen LogP contribution in [0.15, 0.2) is 36.5 Å². The molecule has 5 heteroatoms. The van der Waals surface area contributed by atoms with Crippen LogP contribution in [0, 0.1) is 13.8 Å². The van der Waals surface area contributed by atoms with Crippen LogP contribution in [0.3, 0.4) is 0 Å². The average Bonchev–Trinajstić information content (AvgIpc) is 3.29. The number of pyridine rings is 1. The molecule has 0 bridgehead atoms. The number of carbonyl (C=O) groups excluding carboxylic acids is 1. The number of hydrogen-bond acceptors (Lipinski definition) is 3. The Morgan fingerprint density at radius 2 is 1.86 bits per heavy atom. The Bertz CT molecular complexity index is 678. The number of anilines is 3. The Morgan fingerprint density at radius 3 is 2.50 bits per heavy atom. The Balaban J connectivity index is 1.60. The molecule has 5 nitrogen and oxygen atoms in total. The summed E-state index contributed by atoms with van der Waals surface area (Å²) in [5, 5.41) is 8.90. The van der Waals surface area contributed by atoms with Gasteiger partial charge in [0.1, 0.15) is 5.82 Å². The number of aryl methyl sites for hydroxylation is 2. The van der Waals surface area contributed by atoms with Crippen LogP contribution in [0.4, 0.5) is 22.0 Å². The smallest absolute Gasteiger partial charge is 0.320 e. The van der Waals surface area contributed by atoms with Crippen LogP contribution in [-0.2, 0) is 0 Å². The van der Waals surface area contributed by atoms with Crippen LogP contribution in [0.2, 0.25) is 0 Å². The first-order valence-electron chi connectivity index (χ1n) is 7.48. The summed E-state index contributed by atoms with van der Waals surface area (Å²) in [6.07, 6.45) is 3.85. The summed E-state index contributed by atoms with van der Waals surface area (Å²) in [6, 6.07) is 10.1. The van der Waals surface area contributed by atoms with E-state index in [0.717, 1.165) is 24.2 Å². The van der Waals surface area contributed by atoms with E-state index >= 15 is 0 Å². The van der Waals surface area contributed by atoms with Crippen molar-refractivity contribution in [1.82, 2.24) is 10.3 Å². The highest BCUT2D eigenvalue weighted by Crippen LogP contribution is 2.20. The van der Waals surface area contributed by atoms with Crippen molar-refractivity contribution in [1.29, 1.82) is 0 Å². The number of hydrogen-bond donors (Lipinski definition) is 3. The van der Waals surface area contributed by atoms with E-state index in [1.165, 1.54) is 11.1 Å². The molecule has 1 fully saturated rings. The van der Waals surface area contributed by atoms with E-state index in [4.69, 9.17) is 0 Å². The van der Waals surface area contributed by atoms with Gasteiger partial charge in [-0.05, 0) is 62.1 Å². The molecule has 1 aliphatic carbocycles. The molecule has 1 aliphatic rings. The van der Waals surface area contributed by atoms with Gasteiger partial charge in [-0.15, -0.1) is 0 Å². The number of aromatic nitrogens is 1. The highest BCUT2D eigenvalue weighted by molar-refractivity contribution is 5.88. The summed E-state index contributed by atoms with van der Waals surface area (Å²) >= 11 is 0. The lowest BCUT2D eigenvalue weighted by Crippen LogP contribution is -2.30. The van der Waals surface area contributed by atoms with Gasteiger partial charge in [-0.2, -0.15) is 0 Å². The number of nitrogens with one attached hydrogen (secondary N) is 3. The lowest BCUT2D eigenvalue weighted by molar-refractivity contribution is 0.251. The number of carbonyl (C=O) groups is 1. The first-order valence-corrected chi connectivity index (χ1v) is 7.48. The molecule has 0 atom stereocenters. The summed E-state index contributed by atoms with van der Waals surface area (Å²) < 4.78 is 0. The fourth-order valence-electron chi connectivity index (χ4n) is 2.09. The molecule has 1 heterocycles. The maximum atomic E-state index is 11.6. The van der Waals surface area contributed by atoms with Gasteiger partial charge >= 0.3 is 6.03 Å². The minimum absolute atomic E-state index is 0.190. The monoisotopic (exact) mass is 296 g/mol. The first-order chi connectivity index (χ1) is 10.6. The summed E-state index contributed by atoms with van der Waals surface area (Å²) in [6.45, 7) is 4.18. The van der Waals surface area contributed by atoms with Gasteiger partial charge < -0.3 is 10.6 Å². The van der Waals surface area contributed by atoms with Crippen LogP contribution in [0.1, 0.15) is 24.0 Å². The molecule has 0 aliphatic heterocycles. The van der Waals surface area contributed by atoms with Crippen molar-refractivity contribution in [2.75, 3.05) is 10.6 Å². The second-order valence-corrected chi connectivity index (χ2v) is 5.73. The molecule has 0 unspecified atom stereocenters. The predicted molar refractivity (Wildman–Crippen MR) is 88.6 cm³/mol. The second-order valence-electron chi connectivity index (χ2n) is 5.73. The topological polar surface area (TPSA) is 66.0 Å². The number of amides is 2. The second kappa shape index (κ2) is 6.05. The van der Waals surface area contributed by atoms with Crippen molar-refractivity contribution in [3.8, 4) is 0 Å². The largest absolute Gasteiger partial charge is 0.354 e. The molecule has 2 amide bonds. The molecule has 0 radical (unpaired) electrons. The molecule has 2 aromatic rings. The van der Waals surface area contributed by atoms with Crippen LogP contribution < -0.4 is 16.0 Å². The van der Waals surface area contributed by atoms with Crippen molar-refractivity contribution in [2.24, 2.45) is 0 Å². The van der Waals surface area contributed by atoms with Crippen LogP contribution in [0.5, 0.6) is 0 Å². The molecule has 0 spiro atoms. The van der Waals surface area contributed by atoms with Gasteiger partial charge in [0.25, 0.3) is 0 Å². The standard InChI is InChI=1S/C17H20N4O/c1-11-3-4-14(9-12(11)2)19-15-7-8-16(18-10-15)21-17(22)20-13-5-6-13/h3-4,7-10,13,19H,5-6H2,1-2H3,(H2,18,20,21,22). The molecule has 1 aromatic heterocycles. The van der Waals surface area contributed by atoms with Gasteiger partial charge in [-0.3, -0.25) is 5.32 Å². The number of nitrogens with zero attached hydrogens (tertiary/aromatic N) is 1. The van der Waals surface area contributed by atoms with Crippen molar-refractivity contribution in [3.05, 3.63) is 47.7 Å². The van der Waals surface area contributed by atoms with Crippen LogP contribution >= 0.6 is 0 Å². The SMILES string of the molecule is Cc1ccc(Nc2ccc(NC(=O)NC3CC3)nc2)cc1C. The van der Waals surface area contributed by atoms with Crippen LogP contribution in [0.25, 0.3) is 0 Å². The Morgan fingerprint density at radius 1 is 1.09 bits per heavy atom. The third-order valence-corrected chi connectivity index (χ3v) is 3.71. The lowest BCUT2D eigenvalue weighted by atomic mass is 10.1. The van der Waals surface area contributed by atoms with Gasteiger partial charge in [-0.1, -0.05) is 6.07 Å². The van der Waals surface area contributed by atoms with Gasteiger partial charge in [0.05, 0.1) is 11.9 Å². The van der Waals surface area contributed by atoms with Gasteiger partial charge in [0, 0.05) is 11.7 Å². The van der Waals surface area contributed by atoms with Gasteiger partial charge in [-0.25, -0.2) is 9.78 Å². The molecular weight excluding hydrogens is 276 g/mol. The van der Waals surface area contributed by atoms with E-state index in [9.17, 15) is 4.79 Å². The zero-order valence-corrected chi connectivity index (χ0v) is 12.8. The summed E-state index contributed by atoms with van der Waals surface area (Å²) in [4.78, 5) is 15.9. The maximum absolute atomic E-state index is 11.6. The minimum Gasteiger partial charge on any atom is -0.354 e. The number of benzene rings is 1. The molecule has 1 saturated carbocycles. The highest BCUT2D eigenvalue weighted by Gasteiger charge is 2.23. The van der Waals surface area contributed by atoms with E-state index in [1.54, 1.807) is 12.3 Å². The summed E-state index contributed by atoms with van der Waals surface area (Å²) in [5.74, 6) is 0.545. The molecule has 3 rings (SSSR count). The Hall–Kier alpha value is -2.56.